The third-order valence-electron chi connectivity index (χ3n) is 3.94. The highest BCUT2D eigenvalue weighted by atomic mass is 32.2. The fraction of sp³-hybridized carbons (Fsp3) is 1.00. The Balaban J connectivity index is 0.00000191. The highest BCUT2D eigenvalue weighted by Gasteiger charge is 2.13. The first-order chi connectivity index (χ1) is 10.4. The van der Waals surface area contributed by atoms with Crippen LogP contribution in [-0.2, 0) is 4.74 Å². The van der Waals surface area contributed by atoms with Crippen LogP contribution in [0.1, 0.15) is 90.4 Å². The molecule has 0 aliphatic carbocycles. The summed E-state index contributed by atoms with van der Waals surface area (Å²) in [5.74, 6) is 1.31. The molecule has 1 heterocycles. The summed E-state index contributed by atoms with van der Waals surface area (Å²) in [5.41, 5.74) is 0.521. The van der Waals surface area contributed by atoms with Crippen LogP contribution in [0, 0.1) is 9.93 Å². The summed E-state index contributed by atoms with van der Waals surface area (Å²) >= 11 is 2.05. The van der Waals surface area contributed by atoms with Crippen molar-refractivity contribution >= 4 is 11.8 Å². The van der Waals surface area contributed by atoms with Gasteiger partial charge in [0.2, 0.25) is 0 Å². The van der Waals surface area contributed by atoms with Gasteiger partial charge in [-0.1, -0.05) is 64.7 Å². The molecule has 0 amide bonds. The highest BCUT2D eigenvalue weighted by molar-refractivity contribution is 7.99. The molecule has 4 heteroatoms. The SMILES string of the molecule is CCCCCCCCCCCCSC1CCCCO1.O=O. The molecule has 0 aromatic heterocycles. The Labute approximate surface area is 135 Å². The fourth-order valence-corrected chi connectivity index (χ4v) is 3.81. The minimum Gasteiger partial charge on any atom is -0.368 e. The molecule has 1 atom stereocenters. The first kappa shape index (κ1) is 20.9. The number of hydrogen-bond acceptors (Lipinski definition) is 4. The molecular weight excluding hydrogens is 284 g/mol. The molecule has 3 nitrogen and oxygen atoms in total. The molecule has 0 spiro atoms. The van der Waals surface area contributed by atoms with E-state index in [4.69, 9.17) is 14.7 Å². The van der Waals surface area contributed by atoms with Gasteiger partial charge in [0.15, 0.2) is 0 Å². The first-order valence-corrected chi connectivity index (χ1v) is 9.88. The summed E-state index contributed by atoms with van der Waals surface area (Å²) in [6.07, 6.45) is 18.3. The van der Waals surface area contributed by atoms with E-state index >= 15 is 0 Å². The largest absolute Gasteiger partial charge is 0.368 e. The predicted molar refractivity (Wildman–Crippen MR) is 94.6 cm³/mol. The summed E-state index contributed by atoms with van der Waals surface area (Å²) in [6, 6.07) is 0. The lowest BCUT2D eigenvalue weighted by Crippen LogP contribution is -2.15. The van der Waals surface area contributed by atoms with Crippen LogP contribution in [0.2, 0.25) is 0 Å². The third kappa shape index (κ3) is 14.6. The van der Waals surface area contributed by atoms with E-state index in [1.54, 1.807) is 0 Å². The second-order valence-corrected chi connectivity index (χ2v) is 7.12. The summed E-state index contributed by atoms with van der Waals surface area (Å²) in [7, 11) is 0. The molecule has 1 rings (SSSR count). The Kier molecular flexibility index (Phi) is 17.9. The van der Waals surface area contributed by atoms with Gasteiger partial charge < -0.3 is 4.74 Å². The van der Waals surface area contributed by atoms with Crippen LogP contribution in [0.15, 0.2) is 0 Å². The first-order valence-electron chi connectivity index (χ1n) is 8.83. The quantitative estimate of drug-likeness (QED) is 0.400. The zero-order valence-electron chi connectivity index (χ0n) is 13.8. The van der Waals surface area contributed by atoms with E-state index in [0.29, 0.717) is 5.44 Å². The van der Waals surface area contributed by atoms with E-state index in [-0.39, 0.29) is 0 Å². The maximum Gasteiger partial charge on any atom is 0.103 e. The van der Waals surface area contributed by atoms with Gasteiger partial charge in [-0.2, -0.15) is 0 Å². The van der Waals surface area contributed by atoms with Crippen molar-refractivity contribution in [2.45, 2.75) is 95.8 Å². The Morgan fingerprint density at radius 1 is 0.857 bits per heavy atom. The zero-order chi connectivity index (χ0) is 15.6. The van der Waals surface area contributed by atoms with Gasteiger partial charge in [0, 0.05) is 16.5 Å². The minimum atomic E-state index is 0.521. The van der Waals surface area contributed by atoms with Crippen LogP contribution in [0.5, 0.6) is 0 Å². The van der Waals surface area contributed by atoms with Crippen LogP contribution in [0.3, 0.4) is 0 Å². The molecule has 126 valence electrons. The molecule has 1 aliphatic rings. The van der Waals surface area contributed by atoms with E-state index < -0.39 is 0 Å². The van der Waals surface area contributed by atoms with Crippen LogP contribution in [0.25, 0.3) is 0 Å². The summed E-state index contributed by atoms with van der Waals surface area (Å²) in [5, 5.41) is 0. The second-order valence-electron chi connectivity index (χ2n) is 5.85. The number of thioether (sulfide) groups is 1. The normalized spacial score (nSPS) is 18.0. The van der Waals surface area contributed by atoms with Crippen molar-refractivity contribution in [2.24, 2.45) is 0 Å². The van der Waals surface area contributed by atoms with Crippen LogP contribution >= 0.6 is 11.8 Å². The Hall–Kier alpha value is -0.0900. The van der Waals surface area contributed by atoms with Crippen LogP contribution in [0.4, 0.5) is 0 Å². The molecule has 1 aliphatic heterocycles. The van der Waals surface area contributed by atoms with Gasteiger partial charge in [-0.25, -0.2) is 0 Å². The van der Waals surface area contributed by atoms with E-state index in [2.05, 4.69) is 18.7 Å². The Bertz CT molecular complexity index is 196. The van der Waals surface area contributed by atoms with E-state index in [1.807, 2.05) is 0 Å². The molecule has 0 bridgehead atoms. The van der Waals surface area contributed by atoms with Gasteiger partial charge in [0.1, 0.15) is 5.44 Å². The van der Waals surface area contributed by atoms with Gasteiger partial charge in [0.05, 0.1) is 0 Å². The lowest BCUT2D eigenvalue weighted by Gasteiger charge is -2.21. The Morgan fingerprint density at radius 3 is 1.95 bits per heavy atom. The molecule has 0 aromatic rings. The molecular formula is C17H34O3S. The van der Waals surface area contributed by atoms with E-state index in [1.165, 1.54) is 89.2 Å². The van der Waals surface area contributed by atoms with Gasteiger partial charge in [-0.3, -0.25) is 0 Å². The monoisotopic (exact) mass is 318 g/mol. The van der Waals surface area contributed by atoms with Gasteiger partial charge >= 0.3 is 0 Å². The Morgan fingerprint density at radius 2 is 1.43 bits per heavy atom. The average molecular weight is 319 g/mol. The maximum absolute atomic E-state index is 7.00. The summed E-state index contributed by atoms with van der Waals surface area (Å²) in [4.78, 5) is 14.0. The predicted octanol–water partition coefficient (Wildman–Crippen LogP) is 6.23. The fourth-order valence-electron chi connectivity index (χ4n) is 2.65. The van der Waals surface area contributed by atoms with Crippen molar-refractivity contribution in [2.75, 3.05) is 12.4 Å². The van der Waals surface area contributed by atoms with Crippen molar-refractivity contribution in [3.8, 4) is 0 Å². The minimum absolute atomic E-state index is 0.521. The number of unbranched alkanes of at least 4 members (excludes halogenated alkanes) is 9. The summed E-state index contributed by atoms with van der Waals surface area (Å²) in [6.45, 7) is 3.28. The van der Waals surface area contributed by atoms with E-state index in [9.17, 15) is 0 Å². The van der Waals surface area contributed by atoms with Crippen molar-refractivity contribution in [1.29, 1.82) is 0 Å². The molecule has 0 radical (unpaired) electrons. The molecule has 1 fully saturated rings. The average Bonchev–Trinajstić information content (AvgIpc) is 2.55. The lowest BCUT2D eigenvalue weighted by atomic mass is 10.1. The standard InChI is InChI=1S/C17H34OS.O2/c1-2-3-4-5-6-7-8-9-10-13-16-19-17-14-11-12-15-18-17;1-2/h17H,2-16H2,1H3;. The van der Waals surface area contributed by atoms with Crippen LogP contribution in [-0.4, -0.2) is 17.8 Å². The number of ether oxygens (including phenoxy) is 1. The number of rotatable bonds is 12. The maximum atomic E-state index is 7.00. The highest BCUT2D eigenvalue weighted by Crippen LogP contribution is 2.24. The molecule has 1 saturated heterocycles. The second kappa shape index (κ2) is 18.0. The lowest BCUT2D eigenvalue weighted by molar-refractivity contribution is 0.0728. The molecule has 0 aromatic carbocycles. The van der Waals surface area contributed by atoms with Crippen molar-refractivity contribution < 1.29 is 4.74 Å². The molecule has 0 saturated carbocycles. The van der Waals surface area contributed by atoms with Crippen LogP contribution < -0.4 is 0 Å². The zero-order valence-corrected chi connectivity index (χ0v) is 14.6. The van der Waals surface area contributed by atoms with E-state index in [0.717, 1.165) is 6.61 Å². The van der Waals surface area contributed by atoms with Crippen molar-refractivity contribution in [1.82, 2.24) is 0 Å². The van der Waals surface area contributed by atoms with Gasteiger partial charge in [0.25, 0.3) is 0 Å². The molecule has 21 heavy (non-hydrogen) atoms. The molecule has 0 N–H and O–H groups in total. The van der Waals surface area contributed by atoms with Gasteiger partial charge in [-0.15, -0.1) is 11.8 Å². The smallest absolute Gasteiger partial charge is 0.103 e. The summed E-state index contributed by atoms with van der Waals surface area (Å²) < 4.78 is 5.73. The third-order valence-corrected chi connectivity index (χ3v) is 5.21. The van der Waals surface area contributed by atoms with Crippen molar-refractivity contribution in [3.63, 3.8) is 0 Å². The number of hydrogen-bond donors (Lipinski definition) is 0. The van der Waals surface area contributed by atoms with Crippen molar-refractivity contribution in [3.05, 3.63) is 9.93 Å². The topological polar surface area (TPSA) is 43.4 Å². The van der Waals surface area contributed by atoms with Gasteiger partial charge in [-0.05, 0) is 31.4 Å². The molecule has 1 unspecified atom stereocenters.